The van der Waals surface area contributed by atoms with Crippen LogP contribution in [0.3, 0.4) is 0 Å². The monoisotopic (exact) mass is 172 g/mol. The minimum atomic E-state index is 0.498. The van der Waals surface area contributed by atoms with Gasteiger partial charge in [-0.2, -0.15) is 0 Å². The first-order valence-corrected chi connectivity index (χ1v) is 4.18. The second-order valence-electron chi connectivity index (χ2n) is 3.20. The molecular weight excluding hydrogens is 160 g/mol. The Morgan fingerprint density at radius 1 is 1.55 bits per heavy atom. The number of H-pyrrole nitrogens is 1. The molecule has 1 rings (SSSR count). The van der Waals surface area contributed by atoms with Crippen LogP contribution < -0.4 is 0 Å². The van der Waals surface area contributed by atoms with Crippen molar-refractivity contribution in [1.29, 1.82) is 0 Å². The van der Waals surface area contributed by atoms with Crippen molar-refractivity contribution >= 4 is 11.6 Å². The number of aromatic nitrogens is 2. The number of rotatable bonds is 2. The molecule has 0 saturated carbocycles. The average molecular weight is 173 g/mol. The number of hydrogen-bond donors (Lipinski definition) is 1. The van der Waals surface area contributed by atoms with Crippen LogP contribution in [0, 0.1) is 12.8 Å². The summed E-state index contributed by atoms with van der Waals surface area (Å²) < 4.78 is 0. The molecule has 1 N–H and O–H groups in total. The van der Waals surface area contributed by atoms with Crippen molar-refractivity contribution in [2.45, 2.75) is 27.2 Å². The third kappa shape index (κ3) is 2.22. The van der Waals surface area contributed by atoms with Gasteiger partial charge in [0.25, 0.3) is 0 Å². The predicted molar refractivity (Wildman–Crippen MR) is 46.9 cm³/mol. The Bertz CT molecular complexity index is 240. The van der Waals surface area contributed by atoms with Crippen LogP contribution in [-0.4, -0.2) is 9.97 Å². The topological polar surface area (TPSA) is 28.7 Å². The van der Waals surface area contributed by atoms with Crippen molar-refractivity contribution in [2.75, 3.05) is 0 Å². The zero-order chi connectivity index (χ0) is 8.43. The van der Waals surface area contributed by atoms with Gasteiger partial charge in [-0.15, -0.1) is 0 Å². The summed E-state index contributed by atoms with van der Waals surface area (Å²) in [6, 6.07) is 0. The first-order valence-electron chi connectivity index (χ1n) is 3.80. The number of aromatic amines is 1. The molecule has 0 aliphatic rings. The standard InChI is InChI=1S/C8H13ClN2/c1-5(2)4-7-6(3)10-8(9)11-7/h5H,4H2,1-3H3,(H,10,11). The maximum absolute atomic E-state index is 5.68. The molecule has 0 aliphatic carbocycles. The van der Waals surface area contributed by atoms with Crippen LogP contribution >= 0.6 is 11.6 Å². The summed E-state index contributed by atoms with van der Waals surface area (Å²) in [5.74, 6) is 0.632. The van der Waals surface area contributed by atoms with Gasteiger partial charge in [0.2, 0.25) is 0 Å². The van der Waals surface area contributed by atoms with Crippen molar-refractivity contribution in [2.24, 2.45) is 5.92 Å². The summed E-state index contributed by atoms with van der Waals surface area (Å²) in [7, 11) is 0. The molecule has 11 heavy (non-hydrogen) atoms. The van der Waals surface area contributed by atoms with Gasteiger partial charge < -0.3 is 4.98 Å². The molecule has 0 fully saturated rings. The summed E-state index contributed by atoms with van der Waals surface area (Å²) in [5.41, 5.74) is 2.17. The zero-order valence-electron chi connectivity index (χ0n) is 7.11. The third-order valence-electron chi connectivity index (χ3n) is 1.56. The van der Waals surface area contributed by atoms with Crippen molar-refractivity contribution in [3.8, 4) is 0 Å². The fourth-order valence-electron chi connectivity index (χ4n) is 1.04. The summed E-state index contributed by atoms with van der Waals surface area (Å²) in [4.78, 5) is 7.13. The fourth-order valence-corrected chi connectivity index (χ4v) is 1.29. The third-order valence-corrected chi connectivity index (χ3v) is 1.74. The Balaban J connectivity index is 2.77. The SMILES string of the molecule is Cc1[nH]c(Cl)nc1CC(C)C. The van der Waals surface area contributed by atoms with Gasteiger partial charge in [-0.1, -0.05) is 13.8 Å². The van der Waals surface area contributed by atoms with Gasteiger partial charge in [0.15, 0.2) is 5.28 Å². The van der Waals surface area contributed by atoms with E-state index in [2.05, 4.69) is 23.8 Å². The van der Waals surface area contributed by atoms with Crippen LogP contribution in [0.15, 0.2) is 0 Å². The summed E-state index contributed by atoms with van der Waals surface area (Å²) in [6.45, 7) is 6.33. The molecule has 1 heterocycles. The maximum atomic E-state index is 5.68. The number of halogens is 1. The Kier molecular flexibility index (Phi) is 2.55. The lowest BCUT2D eigenvalue weighted by Crippen LogP contribution is -1.95. The van der Waals surface area contributed by atoms with Crippen LogP contribution in [0.25, 0.3) is 0 Å². The fraction of sp³-hybridized carbons (Fsp3) is 0.625. The van der Waals surface area contributed by atoms with Gasteiger partial charge >= 0.3 is 0 Å². The van der Waals surface area contributed by atoms with Crippen LogP contribution in [0.5, 0.6) is 0 Å². The van der Waals surface area contributed by atoms with Crippen LogP contribution in [-0.2, 0) is 6.42 Å². The van der Waals surface area contributed by atoms with E-state index >= 15 is 0 Å². The van der Waals surface area contributed by atoms with Crippen LogP contribution in [0.2, 0.25) is 5.28 Å². The van der Waals surface area contributed by atoms with Crippen LogP contribution in [0.1, 0.15) is 25.2 Å². The largest absolute Gasteiger partial charge is 0.333 e. The number of hydrogen-bond acceptors (Lipinski definition) is 1. The summed E-state index contributed by atoms with van der Waals surface area (Å²) in [5, 5.41) is 0.498. The molecule has 0 aromatic carbocycles. The quantitative estimate of drug-likeness (QED) is 0.730. The van der Waals surface area contributed by atoms with E-state index in [1.165, 1.54) is 0 Å². The van der Waals surface area contributed by atoms with Crippen molar-refractivity contribution in [3.05, 3.63) is 16.7 Å². The van der Waals surface area contributed by atoms with Gasteiger partial charge in [-0.05, 0) is 30.9 Å². The smallest absolute Gasteiger partial charge is 0.200 e. The Morgan fingerprint density at radius 2 is 2.18 bits per heavy atom. The van der Waals surface area contributed by atoms with Gasteiger partial charge in [0.05, 0.1) is 5.69 Å². The first-order chi connectivity index (χ1) is 5.09. The molecule has 0 aliphatic heterocycles. The summed E-state index contributed by atoms with van der Waals surface area (Å²) >= 11 is 5.68. The molecule has 0 atom stereocenters. The first kappa shape index (κ1) is 8.60. The van der Waals surface area contributed by atoms with E-state index < -0.39 is 0 Å². The van der Waals surface area contributed by atoms with E-state index in [4.69, 9.17) is 11.6 Å². The lowest BCUT2D eigenvalue weighted by atomic mass is 10.1. The lowest BCUT2D eigenvalue weighted by Gasteiger charge is -2.00. The Morgan fingerprint density at radius 3 is 2.55 bits per heavy atom. The second kappa shape index (κ2) is 3.26. The molecule has 0 amide bonds. The van der Waals surface area contributed by atoms with E-state index in [0.29, 0.717) is 11.2 Å². The van der Waals surface area contributed by atoms with E-state index in [-0.39, 0.29) is 0 Å². The van der Waals surface area contributed by atoms with E-state index in [0.717, 1.165) is 17.8 Å². The van der Waals surface area contributed by atoms with Gasteiger partial charge in [0, 0.05) is 5.69 Å². The second-order valence-corrected chi connectivity index (χ2v) is 3.56. The van der Waals surface area contributed by atoms with Gasteiger partial charge in [-0.25, -0.2) is 4.98 Å². The number of imidazole rings is 1. The van der Waals surface area contributed by atoms with Crippen molar-refractivity contribution in [3.63, 3.8) is 0 Å². The molecule has 0 radical (unpaired) electrons. The molecule has 2 nitrogen and oxygen atoms in total. The minimum absolute atomic E-state index is 0.498. The number of nitrogens with zero attached hydrogens (tertiary/aromatic N) is 1. The molecule has 1 aromatic heterocycles. The van der Waals surface area contributed by atoms with E-state index in [1.54, 1.807) is 0 Å². The predicted octanol–water partition coefficient (Wildman–Crippen LogP) is 2.57. The zero-order valence-corrected chi connectivity index (χ0v) is 7.87. The normalized spacial score (nSPS) is 11.0. The molecule has 1 aromatic rings. The highest BCUT2D eigenvalue weighted by Gasteiger charge is 2.05. The molecular formula is C8H13ClN2. The van der Waals surface area contributed by atoms with E-state index in [1.807, 2.05) is 6.92 Å². The van der Waals surface area contributed by atoms with Gasteiger partial charge in [0.1, 0.15) is 0 Å². The lowest BCUT2D eigenvalue weighted by molar-refractivity contribution is 0.635. The minimum Gasteiger partial charge on any atom is -0.333 e. The molecule has 0 spiro atoms. The average Bonchev–Trinajstić information content (AvgIpc) is 2.09. The summed E-state index contributed by atoms with van der Waals surface area (Å²) in [6.07, 6.45) is 0.995. The molecule has 62 valence electrons. The van der Waals surface area contributed by atoms with Crippen LogP contribution in [0.4, 0.5) is 0 Å². The van der Waals surface area contributed by atoms with Crippen molar-refractivity contribution < 1.29 is 0 Å². The van der Waals surface area contributed by atoms with Crippen molar-refractivity contribution in [1.82, 2.24) is 9.97 Å². The highest BCUT2D eigenvalue weighted by molar-refractivity contribution is 6.28. The molecule has 3 heteroatoms. The highest BCUT2D eigenvalue weighted by atomic mass is 35.5. The van der Waals surface area contributed by atoms with E-state index in [9.17, 15) is 0 Å². The maximum Gasteiger partial charge on any atom is 0.200 e. The van der Waals surface area contributed by atoms with Gasteiger partial charge in [-0.3, -0.25) is 0 Å². The molecule has 0 unspecified atom stereocenters. The highest BCUT2D eigenvalue weighted by Crippen LogP contribution is 2.12. The molecule has 0 bridgehead atoms. The Hall–Kier alpha value is -0.500. The Labute approximate surface area is 72.0 Å². The molecule has 0 saturated heterocycles. The number of aryl methyl sites for hydroxylation is 1. The number of nitrogens with one attached hydrogen (secondary N) is 1.